The average Bonchev–Trinajstić information content (AvgIpc) is 2.37. The van der Waals surface area contributed by atoms with E-state index in [4.69, 9.17) is 10.7 Å². The first-order chi connectivity index (χ1) is 9.37. The highest BCUT2D eigenvalue weighted by molar-refractivity contribution is 8.13. The van der Waals surface area contributed by atoms with E-state index in [2.05, 4.69) is 13.8 Å². The quantitative estimate of drug-likeness (QED) is 0.777. The molecule has 0 unspecified atom stereocenters. The highest BCUT2D eigenvalue weighted by Crippen LogP contribution is 2.30. The Bertz CT molecular complexity index is 692. The minimum absolute atomic E-state index is 0.146. The van der Waals surface area contributed by atoms with Crippen LogP contribution in [0.3, 0.4) is 0 Å². The fourth-order valence-electron chi connectivity index (χ4n) is 2.26. The van der Waals surface area contributed by atoms with Gasteiger partial charge in [-0.05, 0) is 34.2 Å². The average molecular weight is 309 g/mol. The van der Waals surface area contributed by atoms with Gasteiger partial charge < -0.3 is 0 Å². The van der Waals surface area contributed by atoms with Crippen LogP contribution in [0.25, 0.3) is 11.1 Å². The Morgan fingerprint density at radius 2 is 1.70 bits per heavy atom. The molecule has 0 aliphatic heterocycles. The van der Waals surface area contributed by atoms with Crippen molar-refractivity contribution in [2.45, 2.75) is 25.5 Å². The molecule has 2 aromatic carbocycles. The van der Waals surface area contributed by atoms with Crippen molar-refractivity contribution in [1.29, 1.82) is 0 Å². The zero-order valence-corrected chi connectivity index (χ0v) is 13.1. The lowest BCUT2D eigenvalue weighted by molar-refractivity contribution is 0.609. The van der Waals surface area contributed by atoms with Crippen LogP contribution in [0.4, 0.5) is 0 Å². The van der Waals surface area contributed by atoms with E-state index < -0.39 is 9.05 Å². The van der Waals surface area contributed by atoms with Crippen molar-refractivity contribution in [3.8, 4) is 11.1 Å². The predicted octanol–water partition coefficient (Wildman–Crippen LogP) is 4.55. The maximum atomic E-state index is 11.2. The van der Waals surface area contributed by atoms with Crippen molar-refractivity contribution in [2.75, 3.05) is 0 Å². The van der Waals surface area contributed by atoms with Gasteiger partial charge in [0, 0.05) is 10.7 Å². The molecule has 0 bridgehead atoms. The topological polar surface area (TPSA) is 34.1 Å². The highest BCUT2D eigenvalue weighted by atomic mass is 35.7. The Balaban J connectivity index is 2.54. The zero-order chi connectivity index (χ0) is 14.8. The molecule has 0 aliphatic carbocycles. The summed E-state index contributed by atoms with van der Waals surface area (Å²) in [5.74, 6) is 0.221. The van der Waals surface area contributed by atoms with E-state index in [1.165, 1.54) is 5.56 Å². The number of benzene rings is 2. The molecule has 0 aliphatic rings. The van der Waals surface area contributed by atoms with Gasteiger partial charge in [0.05, 0.1) is 5.75 Å². The number of rotatable bonds is 4. The summed E-state index contributed by atoms with van der Waals surface area (Å²) in [6, 6.07) is 15.7. The van der Waals surface area contributed by atoms with Crippen LogP contribution in [0.1, 0.15) is 30.9 Å². The lowest BCUT2D eigenvalue weighted by Crippen LogP contribution is -1.98. The Kier molecular flexibility index (Phi) is 4.51. The molecular weight excluding hydrogens is 292 g/mol. The zero-order valence-electron chi connectivity index (χ0n) is 11.5. The molecule has 4 heteroatoms. The van der Waals surface area contributed by atoms with Crippen LogP contribution in [-0.4, -0.2) is 8.42 Å². The molecule has 0 N–H and O–H groups in total. The molecular formula is C16H17ClO2S. The summed E-state index contributed by atoms with van der Waals surface area (Å²) in [5.41, 5.74) is 4.07. The lowest BCUT2D eigenvalue weighted by atomic mass is 9.91. The molecule has 2 rings (SSSR count). The SMILES string of the molecule is CC(C)c1ccc(CS(=O)(=O)Cl)cc1-c1ccccc1. The van der Waals surface area contributed by atoms with Crippen LogP contribution in [0.5, 0.6) is 0 Å². The summed E-state index contributed by atoms with van der Waals surface area (Å²) in [6.07, 6.45) is 0. The summed E-state index contributed by atoms with van der Waals surface area (Å²) in [7, 11) is 1.80. The van der Waals surface area contributed by atoms with E-state index in [-0.39, 0.29) is 5.75 Å². The van der Waals surface area contributed by atoms with Gasteiger partial charge in [-0.15, -0.1) is 0 Å². The van der Waals surface area contributed by atoms with Crippen molar-refractivity contribution < 1.29 is 8.42 Å². The predicted molar refractivity (Wildman–Crippen MR) is 84.4 cm³/mol. The molecule has 0 amide bonds. The van der Waals surface area contributed by atoms with Crippen LogP contribution in [0.2, 0.25) is 0 Å². The van der Waals surface area contributed by atoms with E-state index in [1.807, 2.05) is 48.5 Å². The van der Waals surface area contributed by atoms with Gasteiger partial charge in [0.1, 0.15) is 0 Å². The molecule has 20 heavy (non-hydrogen) atoms. The molecule has 2 aromatic rings. The fraction of sp³-hybridized carbons (Fsp3) is 0.250. The second-order valence-electron chi connectivity index (χ2n) is 5.13. The largest absolute Gasteiger partial charge is 0.236 e. The minimum atomic E-state index is -3.54. The van der Waals surface area contributed by atoms with E-state index in [0.29, 0.717) is 11.5 Å². The molecule has 0 saturated carbocycles. The standard InChI is InChI=1S/C16H17ClO2S/c1-12(2)15-9-8-13(11-20(17,18)19)10-16(15)14-6-4-3-5-7-14/h3-10,12H,11H2,1-2H3. The van der Waals surface area contributed by atoms with Gasteiger partial charge in [0.2, 0.25) is 9.05 Å². The second-order valence-corrected chi connectivity index (χ2v) is 7.90. The van der Waals surface area contributed by atoms with Crippen molar-refractivity contribution in [1.82, 2.24) is 0 Å². The van der Waals surface area contributed by atoms with Crippen LogP contribution in [-0.2, 0) is 14.8 Å². The van der Waals surface area contributed by atoms with E-state index >= 15 is 0 Å². The molecule has 106 valence electrons. The van der Waals surface area contributed by atoms with Crippen molar-refractivity contribution in [2.24, 2.45) is 0 Å². The maximum Gasteiger partial charge on any atom is 0.236 e. The second kappa shape index (κ2) is 5.98. The van der Waals surface area contributed by atoms with E-state index in [9.17, 15) is 8.42 Å². The monoisotopic (exact) mass is 308 g/mol. The summed E-state index contributed by atoms with van der Waals surface area (Å²) in [6.45, 7) is 4.25. The van der Waals surface area contributed by atoms with Gasteiger partial charge >= 0.3 is 0 Å². The molecule has 0 spiro atoms. The molecule has 0 saturated heterocycles. The Labute approximate surface area is 124 Å². The van der Waals surface area contributed by atoms with Gasteiger partial charge in [-0.2, -0.15) is 0 Å². The first kappa shape index (κ1) is 15.1. The normalized spacial score (nSPS) is 11.8. The van der Waals surface area contributed by atoms with Gasteiger partial charge in [-0.1, -0.05) is 56.3 Å². The van der Waals surface area contributed by atoms with Crippen LogP contribution >= 0.6 is 10.7 Å². The first-order valence-electron chi connectivity index (χ1n) is 6.47. The van der Waals surface area contributed by atoms with E-state index in [1.54, 1.807) is 0 Å². The Morgan fingerprint density at radius 3 is 2.25 bits per heavy atom. The Morgan fingerprint density at radius 1 is 1.05 bits per heavy atom. The van der Waals surface area contributed by atoms with Crippen LogP contribution in [0, 0.1) is 0 Å². The van der Waals surface area contributed by atoms with Crippen LogP contribution < -0.4 is 0 Å². The highest BCUT2D eigenvalue weighted by Gasteiger charge is 2.12. The maximum absolute atomic E-state index is 11.2. The van der Waals surface area contributed by atoms with Gasteiger partial charge in [0.25, 0.3) is 0 Å². The lowest BCUT2D eigenvalue weighted by Gasteiger charge is -2.14. The van der Waals surface area contributed by atoms with Crippen molar-refractivity contribution >= 4 is 19.7 Å². The third kappa shape index (κ3) is 3.84. The summed E-state index contributed by atoms with van der Waals surface area (Å²) >= 11 is 0. The van der Waals surface area contributed by atoms with Gasteiger partial charge in [-0.3, -0.25) is 0 Å². The molecule has 2 nitrogen and oxygen atoms in total. The molecule has 0 atom stereocenters. The minimum Gasteiger partial charge on any atom is -0.212 e. The fourth-order valence-corrected chi connectivity index (χ4v) is 3.22. The van der Waals surface area contributed by atoms with Crippen LogP contribution in [0.15, 0.2) is 48.5 Å². The van der Waals surface area contributed by atoms with Crippen molar-refractivity contribution in [3.63, 3.8) is 0 Å². The summed E-state index contributed by atoms with van der Waals surface area (Å²) < 4.78 is 22.5. The number of halogens is 1. The number of hydrogen-bond donors (Lipinski definition) is 0. The van der Waals surface area contributed by atoms with Crippen molar-refractivity contribution in [3.05, 3.63) is 59.7 Å². The molecule has 0 heterocycles. The third-order valence-corrected chi connectivity index (χ3v) is 4.17. The van der Waals surface area contributed by atoms with E-state index in [0.717, 1.165) is 11.1 Å². The summed E-state index contributed by atoms with van der Waals surface area (Å²) in [5, 5.41) is 0. The Hall–Kier alpha value is -1.32. The van der Waals surface area contributed by atoms with Gasteiger partial charge in [0.15, 0.2) is 0 Å². The molecule has 0 radical (unpaired) electrons. The summed E-state index contributed by atoms with van der Waals surface area (Å²) in [4.78, 5) is 0. The smallest absolute Gasteiger partial charge is 0.212 e. The molecule has 0 aromatic heterocycles. The van der Waals surface area contributed by atoms with Gasteiger partial charge in [-0.25, -0.2) is 8.42 Å². The number of hydrogen-bond acceptors (Lipinski definition) is 2. The molecule has 0 fully saturated rings. The third-order valence-electron chi connectivity index (χ3n) is 3.16. The first-order valence-corrected chi connectivity index (χ1v) is 8.95.